The Labute approximate surface area is 116 Å². The van der Waals surface area contributed by atoms with Crippen LogP contribution in [0.5, 0.6) is 0 Å². The van der Waals surface area contributed by atoms with E-state index >= 15 is 0 Å². The van der Waals surface area contributed by atoms with E-state index in [0.717, 1.165) is 25.9 Å². The van der Waals surface area contributed by atoms with Crippen LogP contribution in [-0.4, -0.2) is 58.7 Å². The highest BCUT2D eigenvalue weighted by molar-refractivity contribution is 5.02. The molecule has 2 fully saturated rings. The molecule has 0 amide bonds. The van der Waals surface area contributed by atoms with E-state index in [2.05, 4.69) is 25.8 Å². The Morgan fingerprint density at radius 3 is 2.05 bits per heavy atom. The van der Waals surface area contributed by atoms with Gasteiger partial charge in [-0.1, -0.05) is 0 Å². The molecule has 0 aromatic heterocycles. The lowest BCUT2D eigenvalue weighted by atomic mass is 9.81. The molecule has 2 N–H and O–H groups in total. The molecule has 0 bridgehead atoms. The van der Waals surface area contributed by atoms with Crippen LogP contribution in [0.1, 0.15) is 40.5 Å². The van der Waals surface area contributed by atoms with Crippen molar-refractivity contribution in [2.75, 3.05) is 20.1 Å². The summed E-state index contributed by atoms with van der Waals surface area (Å²) in [6.07, 6.45) is 1.32. The van der Waals surface area contributed by atoms with Crippen molar-refractivity contribution in [3.05, 3.63) is 0 Å². The van der Waals surface area contributed by atoms with Gasteiger partial charge in [-0.2, -0.15) is 0 Å². The van der Waals surface area contributed by atoms with Gasteiger partial charge < -0.3 is 19.8 Å². The highest BCUT2D eigenvalue weighted by Crippen LogP contribution is 2.42. The number of aliphatic hydroxyl groups is 2. The summed E-state index contributed by atoms with van der Waals surface area (Å²) in [6, 6.07) is 0. The van der Waals surface area contributed by atoms with Gasteiger partial charge in [0.15, 0.2) is 0 Å². The summed E-state index contributed by atoms with van der Waals surface area (Å²) in [6.45, 7) is 9.89. The second kappa shape index (κ2) is 4.99. The summed E-state index contributed by atoms with van der Waals surface area (Å²) in [5, 5.41) is 19.8. The topological polar surface area (TPSA) is 52.9 Å². The van der Waals surface area contributed by atoms with Crippen molar-refractivity contribution in [2.45, 2.75) is 63.9 Å². The average molecular weight is 271 g/mol. The van der Waals surface area contributed by atoms with Crippen molar-refractivity contribution in [3.8, 4) is 0 Å². The van der Waals surface area contributed by atoms with Gasteiger partial charge in [-0.3, -0.25) is 0 Å². The molecular formula is C15H29NO3. The minimum absolute atomic E-state index is 0.0887. The molecule has 1 aliphatic carbocycles. The molecule has 4 nitrogen and oxygen atoms in total. The highest BCUT2D eigenvalue weighted by Gasteiger charge is 2.53. The van der Waals surface area contributed by atoms with Crippen molar-refractivity contribution in [1.29, 1.82) is 0 Å². The minimum Gasteiger partial charge on any atom is -0.393 e. The Balaban J connectivity index is 1.90. The van der Waals surface area contributed by atoms with Crippen LogP contribution in [-0.2, 0) is 4.74 Å². The van der Waals surface area contributed by atoms with Crippen molar-refractivity contribution in [3.63, 3.8) is 0 Å². The smallest absolute Gasteiger partial charge is 0.0896 e. The van der Waals surface area contributed by atoms with Gasteiger partial charge in [0.2, 0.25) is 0 Å². The Kier molecular flexibility index (Phi) is 4.00. The van der Waals surface area contributed by atoms with Crippen LogP contribution in [0, 0.1) is 11.8 Å². The van der Waals surface area contributed by atoms with Gasteiger partial charge in [-0.25, -0.2) is 0 Å². The lowest BCUT2D eigenvalue weighted by Crippen LogP contribution is -2.45. The van der Waals surface area contributed by atoms with Crippen LogP contribution in [0.4, 0.5) is 0 Å². The number of nitrogens with zero attached hydrogens (tertiary/aromatic N) is 1. The molecule has 0 spiro atoms. The van der Waals surface area contributed by atoms with Crippen molar-refractivity contribution >= 4 is 0 Å². The molecule has 2 atom stereocenters. The first-order chi connectivity index (χ1) is 8.62. The summed E-state index contributed by atoms with van der Waals surface area (Å²) in [4.78, 5) is 2.27. The largest absolute Gasteiger partial charge is 0.393 e. The molecule has 2 unspecified atom stereocenters. The van der Waals surface area contributed by atoms with Gasteiger partial charge in [0.1, 0.15) is 0 Å². The zero-order valence-electron chi connectivity index (χ0n) is 12.9. The van der Waals surface area contributed by atoms with Crippen molar-refractivity contribution < 1.29 is 14.9 Å². The molecule has 19 heavy (non-hydrogen) atoms. The number of aliphatic hydroxyl groups excluding tert-OH is 2. The minimum atomic E-state index is -0.471. The standard InChI is InChI=1S/C15H29NO3/c1-14(2)12(13(18)15(3,4)19-14)9-16(5)8-10-6-11(17)7-10/h10-13,17-18H,6-9H2,1-5H3. The van der Waals surface area contributed by atoms with E-state index in [1.54, 1.807) is 0 Å². The van der Waals surface area contributed by atoms with Gasteiger partial charge in [-0.15, -0.1) is 0 Å². The van der Waals surface area contributed by atoms with E-state index in [1.165, 1.54) is 0 Å². The monoisotopic (exact) mass is 271 g/mol. The first-order valence-electron chi connectivity index (χ1n) is 7.36. The molecule has 1 saturated carbocycles. The molecule has 4 heteroatoms. The zero-order valence-corrected chi connectivity index (χ0v) is 12.9. The molecule has 1 aliphatic heterocycles. The maximum absolute atomic E-state index is 10.5. The predicted molar refractivity (Wildman–Crippen MR) is 75.0 cm³/mol. The van der Waals surface area contributed by atoms with Crippen molar-refractivity contribution in [1.82, 2.24) is 4.90 Å². The summed E-state index contributed by atoms with van der Waals surface area (Å²) in [5.74, 6) is 0.730. The molecule has 112 valence electrons. The van der Waals surface area contributed by atoms with Gasteiger partial charge >= 0.3 is 0 Å². The summed E-state index contributed by atoms with van der Waals surface area (Å²) in [5.41, 5.74) is -0.766. The molecule has 0 aromatic carbocycles. The first kappa shape index (κ1) is 15.2. The van der Waals surface area contributed by atoms with E-state index in [-0.39, 0.29) is 17.6 Å². The quantitative estimate of drug-likeness (QED) is 0.808. The fourth-order valence-corrected chi connectivity index (χ4v) is 3.70. The average Bonchev–Trinajstić information content (AvgIpc) is 2.34. The summed E-state index contributed by atoms with van der Waals surface area (Å²) >= 11 is 0. The van der Waals surface area contributed by atoms with Crippen LogP contribution in [0.15, 0.2) is 0 Å². The van der Waals surface area contributed by atoms with Gasteiger partial charge in [0.25, 0.3) is 0 Å². The van der Waals surface area contributed by atoms with E-state index in [4.69, 9.17) is 4.74 Å². The Morgan fingerprint density at radius 2 is 1.63 bits per heavy atom. The van der Waals surface area contributed by atoms with E-state index in [1.807, 2.05) is 13.8 Å². The zero-order chi connectivity index (χ0) is 14.4. The third-order valence-electron chi connectivity index (χ3n) is 4.80. The number of hydrogen-bond donors (Lipinski definition) is 2. The van der Waals surface area contributed by atoms with Crippen molar-refractivity contribution in [2.24, 2.45) is 11.8 Å². The number of ether oxygens (including phenoxy) is 1. The number of hydrogen-bond acceptors (Lipinski definition) is 4. The molecular weight excluding hydrogens is 242 g/mol. The lowest BCUT2D eigenvalue weighted by Gasteiger charge is -2.37. The second-order valence-corrected chi connectivity index (χ2v) is 7.57. The second-order valence-electron chi connectivity index (χ2n) is 7.57. The Morgan fingerprint density at radius 1 is 1.05 bits per heavy atom. The third-order valence-corrected chi connectivity index (χ3v) is 4.80. The van der Waals surface area contributed by atoms with Crippen LogP contribution < -0.4 is 0 Å². The first-order valence-corrected chi connectivity index (χ1v) is 7.36. The van der Waals surface area contributed by atoms with Gasteiger partial charge in [0, 0.05) is 19.0 Å². The Hall–Kier alpha value is -0.160. The molecule has 2 aliphatic rings. The Bertz CT molecular complexity index is 323. The summed E-state index contributed by atoms with van der Waals surface area (Å²) < 4.78 is 6.01. The molecule has 0 radical (unpaired) electrons. The molecule has 1 heterocycles. The predicted octanol–water partition coefficient (Wildman–Crippen LogP) is 1.25. The van der Waals surface area contributed by atoms with E-state index < -0.39 is 11.7 Å². The molecule has 0 aromatic rings. The van der Waals surface area contributed by atoms with E-state index in [9.17, 15) is 10.2 Å². The molecule has 1 saturated heterocycles. The highest BCUT2D eigenvalue weighted by atomic mass is 16.5. The lowest BCUT2D eigenvalue weighted by molar-refractivity contribution is -0.0914. The summed E-state index contributed by atoms with van der Waals surface area (Å²) in [7, 11) is 2.10. The fraction of sp³-hybridized carbons (Fsp3) is 1.00. The van der Waals surface area contributed by atoms with Crippen LogP contribution >= 0.6 is 0 Å². The van der Waals surface area contributed by atoms with Crippen LogP contribution in [0.3, 0.4) is 0 Å². The number of rotatable bonds is 4. The molecule has 2 rings (SSSR count). The SMILES string of the molecule is CN(CC1CC(O)C1)CC1C(O)C(C)(C)OC1(C)C. The van der Waals surface area contributed by atoms with Gasteiger partial charge in [0.05, 0.1) is 23.4 Å². The third kappa shape index (κ3) is 3.13. The maximum Gasteiger partial charge on any atom is 0.0896 e. The van der Waals surface area contributed by atoms with Gasteiger partial charge in [-0.05, 0) is 53.5 Å². The maximum atomic E-state index is 10.5. The van der Waals surface area contributed by atoms with E-state index in [0.29, 0.717) is 5.92 Å². The van der Waals surface area contributed by atoms with Crippen LogP contribution in [0.25, 0.3) is 0 Å². The fourth-order valence-electron chi connectivity index (χ4n) is 3.70. The normalized spacial score (nSPS) is 40.4. The van der Waals surface area contributed by atoms with Crippen LogP contribution in [0.2, 0.25) is 0 Å².